The van der Waals surface area contributed by atoms with Crippen molar-refractivity contribution in [1.29, 1.82) is 0 Å². The Bertz CT molecular complexity index is 1630. The number of thioether (sulfide) groups is 1. The second-order valence-corrected chi connectivity index (χ2v) is 11.1. The highest BCUT2D eigenvalue weighted by atomic mass is 32.2. The van der Waals surface area contributed by atoms with Gasteiger partial charge in [-0.15, -0.1) is 18.3 Å². The van der Waals surface area contributed by atoms with Crippen molar-refractivity contribution in [1.82, 2.24) is 20.1 Å². The molecule has 0 saturated carbocycles. The third kappa shape index (κ3) is 7.36. The van der Waals surface area contributed by atoms with E-state index in [0.717, 1.165) is 23.4 Å². The summed E-state index contributed by atoms with van der Waals surface area (Å²) >= 11 is 1.37. The van der Waals surface area contributed by atoms with Crippen LogP contribution < -0.4 is 15.0 Å². The molecule has 1 aromatic heterocycles. The monoisotopic (exact) mass is 630 g/mol. The summed E-state index contributed by atoms with van der Waals surface area (Å²) in [7, 11) is 0. The van der Waals surface area contributed by atoms with Crippen LogP contribution in [0.25, 0.3) is 17.1 Å². The number of rotatable bonds is 8. The van der Waals surface area contributed by atoms with E-state index in [1.54, 1.807) is 0 Å². The normalized spacial score (nSPS) is 15.9. The number of nitrogens with one attached hydrogen (secondary N) is 1. The number of anilines is 1. The quantitative estimate of drug-likeness (QED) is 0.160. The van der Waals surface area contributed by atoms with E-state index in [1.165, 1.54) is 59.2 Å². The molecule has 4 aromatic rings. The van der Waals surface area contributed by atoms with E-state index in [0.29, 0.717) is 28.7 Å². The predicted molar refractivity (Wildman–Crippen MR) is 159 cm³/mol. The molecule has 0 radical (unpaired) electrons. The molecule has 3 aromatic carbocycles. The van der Waals surface area contributed by atoms with E-state index < -0.39 is 24.9 Å². The summed E-state index contributed by atoms with van der Waals surface area (Å²) in [6, 6.07) is 17.6. The standard InChI is InChI=1S/C30H27F5N6O2S/c1-18(2)23-5-3-4-6-24(23)40-15-16-44-29(40)38-28(42)37-26(32)25(31)19-7-9-20(10-8-19)27-36-17-41(39-27)21-11-13-22(14-12-21)43-30(33,34)35/h3-14,17-18,25-26H,15-16H2,1-2H3,(H,37,42). The SMILES string of the molecule is CC(C)c1ccccc1N1CCSC1=NC(=O)NC(F)C(F)c1ccc(-c2ncn(-c3ccc(OC(F)(F)F)cc3)n2)cc1. The number of benzene rings is 3. The highest BCUT2D eigenvalue weighted by Gasteiger charge is 2.31. The predicted octanol–water partition coefficient (Wildman–Crippen LogP) is 7.58. The number of carbonyl (C=O) groups excluding carboxylic acids is 1. The van der Waals surface area contributed by atoms with Crippen molar-refractivity contribution >= 4 is 28.6 Å². The summed E-state index contributed by atoms with van der Waals surface area (Å²) in [5, 5.41) is 6.70. The van der Waals surface area contributed by atoms with Crippen LogP contribution in [0, 0.1) is 0 Å². The Kier molecular flexibility index (Phi) is 9.18. The first-order chi connectivity index (χ1) is 21.0. The van der Waals surface area contributed by atoms with E-state index in [9.17, 15) is 22.4 Å². The van der Waals surface area contributed by atoms with E-state index >= 15 is 4.39 Å². The van der Waals surface area contributed by atoms with Gasteiger partial charge in [0.2, 0.25) is 6.30 Å². The van der Waals surface area contributed by atoms with Gasteiger partial charge in [0.1, 0.15) is 12.1 Å². The average molecular weight is 631 g/mol. The largest absolute Gasteiger partial charge is 0.573 e. The minimum atomic E-state index is -4.80. The summed E-state index contributed by atoms with van der Waals surface area (Å²) in [5.41, 5.74) is 2.92. The molecule has 0 aliphatic carbocycles. The molecule has 1 aliphatic heterocycles. The van der Waals surface area contributed by atoms with Gasteiger partial charge in [0.25, 0.3) is 0 Å². The molecule has 230 valence electrons. The number of alkyl halides is 5. The molecule has 1 N–H and O–H groups in total. The Morgan fingerprint density at radius 2 is 1.73 bits per heavy atom. The molecule has 0 spiro atoms. The zero-order valence-electron chi connectivity index (χ0n) is 23.5. The van der Waals surface area contributed by atoms with Crippen molar-refractivity contribution in [2.75, 3.05) is 17.2 Å². The number of carbonyl (C=O) groups is 1. The summed E-state index contributed by atoms with van der Waals surface area (Å²) in [6.07, 6.45) is -7.95. The molecule has 2 atom stereocenters. The molecule has 14 heteroatoms. The van der Waals surface area contributed by atoms with E-state index in [2.05, 4.69) is 33.7 Å². The third-order valence-corrected chi connectivity index (χ3v) is 7.61. The van der Waals surface area contributed by atoms with Gasteiger partial charge in [-0.1, -0.05) is 68.1 Å². The molecule has 0 bridgehead atoms. The number of para-hydroxylation sites is 1. The lowest BCUT2D eigenvalue weighted by Crippen LogP contribution is -2.34. The van der Waals surface area contributed by atoms with Crippen LogP contribution in [0.5, 0.6) is 5.75 Å². The fraction of sp³-hybridized carbons (Fsp3) is 0.267. The molecule has 1 aliphatic rings. The number of aromatic nitrogens is 3. The van der Waals surface area contributed by atoms with Crippen molar-refractivity contribution in [3.63, 3.8) is 0 Å². The number of amides is 2. The molecular formula is C30H27F5N6O2S. The summed E-state index contributed by atoms with van der Waals surface area (Å²) in [5.74, 6) is 0.821. The van der Waals surface area contributed by atoms with E-state index in [4.69, 9.17) is 0 Å². The van der Waals surface area contributed by atoms with Crippen LogP contribution in [0.3, 0.4) is 0 Å². The Morgan fingerprint density at radius 3 is 2.41 bits per heavy atom. The number of halogens is 5. The van der Waals surface area contributed by atoms with Gasteiger partial charge in [0.15, 0.2) is 17.2 Å². The van der Waals surface area contributed by atoms with Crippen molar-refractivity contribution in [3.05, 3.63) is 90.3 Å². The molecular weight excluding hydrogens is 603 g/mol. The Labute approximate surface area is 254 Å². The lowest BCUT2D eigenvalue weighted by atomic mass is 10.0. The van der Waals surface area contributed by atoms with Crippen LogP contribution in [-0.2, 0) is 0 Å². The van der Waals surface area contributed by atoms with Crippen LogP contribution >= 0.6 is 11.8 Å². The molecule has 8 nitrogen and oxygen atoms in total. The van der Waals surface area contributed by atoms with Crippen molar-refractivity contribution in [2.24, 2.45) is 4.99 Å². The van der Waals surface area contributed by atoms with Crippen LogP contribution in [0.15, 0.2) is 84.1 Å². The van der Waals surface area contributed by atoms with Crippen molar-refractivity contribution < 1.29 is 31.5 Å². The fourth-order valence-corrected chi connectivity index (χ4v) is 5.50. The van der Waals surface area contributed by atoms with Gasteiger partial charge >= 0.3 is 12.4 Å². The number of hydrogen-bond donors (Lipinski definition) is 1. The smallest absolute Gasteiger partial charge is 0.406 e. The first-order valence-electron chi connectivity index (χ1n) is 13.5. The molecule has 5 rings (SSSR count). The Balaban J connectivity index is 1.21. The first kappa shape index (κ1) is 31.0. The number of nitrogens with zero attached hydrogens (tertiary/aromatic N) is 5. The third-order valence-electron chi connectivity index (χ3n) is 6.66. The van der Waals surface area contributed by atoms with E-state index in [-0.39, 0.29) is 23.1 Å². The van der Waals surface area contributed by atoms with Gasteiger partial charge in [-0.05, 0) is 47.4 Å². The van der Waals surface area contributed by atoms with Crippen LogP contribution in [0.1, 0.15) is 37.1 Å². The maximum absolute atomic E-state index is 15.0. The summed E-state index contributed by atoms with van der Waals surface area (Å²) in [4.78, 5) is 22.7. The Morgan fingerprint density at radius 1 is 1.02 bits per heavy atom. The van der Waals surface area contributed by atoms with Gasteiger partial charge < -0.3 is 15.0 Å². The van der Waals surface area contributed by atoms with Gasteiger partial charge in [0, 0.05) is 23.5 Å². The number of ether oxygens (including phenoxy) is 1. The highest BCUT2D eigenvalue weighted by Crippen LogP contribution is 2.33. The van der Waals surface area contributed by atoms with Crippen LogP contribution in [-0.4, -0.2) is 50.9 Å². The molecule has 2 heterocycles. The summed E-state index contributed by atoms with van der Waals surface area (Å²) in [6.45, 7) is 4.77. The van der Waals surface area contributed by atoms with Crippen molar-refractivity contribution in [3.8, 4) is 22.8 Å². The number of urea groups is 1. The number of amidine groups is 1. The second-order valence-electron chi connectivity index (χ2n) is 10.0. The molecule has 44 heavy (non-hydrogen) atoms. The zero-order valence-corrected chi connectivity index (χ0v) is 24.3. The minimum Gasteiger partial charge on any atom is -0.406 e. The van der Waals surface area contributed by atoms with Gasteiger partial charge in [-0.3, -0.25) is 0 Å². The first-order valence-corrected chi connectivity index (χ1v) is 14.5. The van der Waals surface area contributed by atoms with Crippen LogP contribution in [0.2, 0.25) is 0 Å². The lowest BCUT2D eigenvalue weighted by Gasteiger charge is -2.23. The van der Waals surface area contributed by atoms with Crippen LogP contribution in [0.4, 0.5) is 32.4 Å². The maximum atomic E-state index is 15.0. The zero-order chi connectivity index (χ0) is 31.4. The van der Waals surface area contributed by atoms with Gasteiger partial charge in [-0.25, -0.2) is 23.2 Å². The summed E-state index contributed by atoms with van der Waals surface area (Å²) < 4.78 is 72.2. The number of hydrogen-bond acceptors (Lipinski definition) is 5. The van der Waals surface area contributed by atoms with Gasteiger partial charge in [0.05, 0.1) is 5.69 Å². The van der Waals surface area contributed by atoms with Gasteiger partial charge in [-0.2, -0.15) is 4.99 Å². The second kappa shape index (κ2) is 13.0. The Hall–Kier alpha value is -4.46. The topological polar surface area (TPSA) is 84.6 Å². The van der Waals surface area contributed by atoms with E-state index in [1.807, 2.05) is 34.5 Å². The fourth-order valence-electron chi connectivity index (χ4n) is 4.56. The number of aliphatic imine (C=N–C) groups is 1. The maximum Gasteiger partial charge on any atom is 0.573 e. The molecule has 2 amide bonds. The lowest BCUT2D eigenvalue weighted by molar-refractivity contribution is -0.274. The minimum absolute atomic E-state index is 0.0170. The molecule has 2 unspecified atom stereocenters. The average Bonchev–Trinajstić information content (AvgIpc) is 3.67. The molecule has 1 fully saturated rings. The molecule has 1 saturated heterocycles. The highest BCUT2D eigenvalue weighted by molar-refractivity contribution is 8.14. The van der Waals surface area contributed by atoms with Crippen molar-refractivity contribution in [2.45, 2.75) is 38.6 Å².